The first-order valence-electron chi connectivity index (χ1n) is 13.1. The predicted molar refractivity (Wildman–Crippen MR) is 153 cm³/mol. The highest BCUT2D eigenvalue weighted by atomic mass is 16.1. The van der Waals surface area contributed by atoms with Gasteiger partial charge in [0.25, 0.3) is 5.91 Å². The molecule has 1 aromatic heterocycles. The summed E-state index contributed by atoms with van der Waals surface area (Å²) in [6, 6.07) is 13.3. The molecule has 0 radical (unpaired) electrons. The third-order valence-corrected chi connectivity index (χ3v) is 7.26. The Hall–Kier alpha value is -3.58. The zero-order chi connectivity index (χ0) is 26.4. The standard InChI is InChI=1S/C30H38N6O/c1-5-9-24(28(31)33-17-6-2)27(34-21(3)25-19-30(15-16-30)20-36(25)4)22-11-13-23(14-12-22)29(37)35-26-10-7-8-18-32-26/h6-8,10-14,17-18,25H,5,9,15-16,19-20H2,1-4H3,(H2,31,33)(H,32,35,37)/b17-6-,27-24+,34-21?/t25-/m0/s1. The number of allylic oxidation sites excluding steroid dienone is 1. The maximum absolute atomic E-state index is 12.8. The number of hydrogen-bond donors (Lipinski definition) is 2. The number of pyridine rings is 1. The molecule has 7 heteroatoms. The number of aromatic nitrogens is 1. The number of rotatable bonds is 9. The van der Waals surface area contributed by atoms with Crippen LogP contribution in [0.15, 0.2) is 76.5 Å². The summed E-state index contributed by atoms with van der Waals surface area (Å²) in [7, 11) is 2.20. The van der Waals surface area contributed by atoms with Crippen molar-refractivity contribution in [3.05, 3.63) is 77.6 Å². The van der Waals surface area contributed by atoms with E-state index >= 15 is 0 Å². The minimum Gasteiger partial charge on any atom is -0.383 e. The molecule has 2 aromatic rings. The van der Waals surface area contributed by atoms with Gasteiger partial charge in [-0.15, -0.1) is 0 Å². The van der Waals surface area contributed by atoms with Crippen LogP contribution < -0.4 is 11.1 Å². The van der Waals surface area contributed by atoms with E-state index in [4.69, 9.17) is 10.7 Å². The first-order chi connectivity index (χ1) is 17.9. The molecular weight excluding hydrogens is 460 g/mol. The zero-order valence-electron chi connectivity index (χ0n) is 22.4. The fraction of sp³-hybridized carbons (Fsp3) is 0.400. The number of anilines is 1. The van der Waals surface area contributed by atoms with Crippen molar-refractivity contribution in [2.24, 2.45) is 21.1 Å². The molecule has 1 saturated heterocycles. The summed E-state index contributed by atoms with van der Waals surface area (Å²) in [5.74, 6) is 0.785. The largest absolute Gasteiger partial charge is 0.383 e. The lowest BCUT2D eigenvalue weighted by molar-refractivity contribution is 0.102. The molecule has 0 unspecified atom stereocenters. The average molecular weight is 499 g/mol. The highest BCUT2D eigenvalue weighted by Gasteiger charge is 2.51. The summed E-state index contributed by atoms with van der Waals surface area (Å²) in [4.78, 5) is 29.1. The number of carbonyl (C=O) groups is 1. The van der Waals surface area contributed by atoms with Gasteiger partial charge in [-0.3, -0.25) is 14.7 Å². The van der Waals surface area contributed by atoms with Gasteiger partial charge in [-0.05, 0) is 76.3 Å². The second-order valence-corrected chi connectivity index (χ2v) is 10.2. The number of nitrogens with two attached hydrogens (primary N) is 1. The summed E-state index contributed by atoms with van der Waals surface area (Å²) < 4.78 is 0. The number of aliphatic imine (C=N–C) groups is 2. The van der Waals surface area contributed by atoms with Crippen molar-refractivity contribution in [1.29, 1.82) is 0 Å². The van der Waals surface area contributed by atoms with Crippen molar-refractivity contribution in [3.63, 3.8) is 0 Å². The van der Waals surface area contributed by atoms with Gasteiger partial charge in [0, 0.05) is 47.4 Å². The molecule has 3 N–H and O–H groups in total. The van der Waals surface area contributed by atoms with Crippen LogP contribution in [0.1, 0.15) is 68.8 Å². The second kappa shape index (κ2) is 11.6. The van der Waals surface area contributed by atoms with Crippen molar-refractivity contribution < 1.29 is 4.79 Å². The Labute approximate surface area is 220 Å². The van der Waals surface area contributed by atoms with E-state index in [-0.39, 0.29) is 5.91 Å². The van der Waals surface area contributed by atoms with Gasteiger partial charge in [-0.2, -0.15) is 0 Å². The van der Waals surface area contributed by atoms with Gasteiger partial charge in [0.05, 0.1) is 5.70 Å². The minimum atomic E-state index is -0.208. The Morgan fingerprint density at radius 3 is 2.54 bits per heavy atom. The van der Waals surface area contributed by atoms with Crippen LogP contribution in [0.3, 0.4) is 0 Å². The van der Waals surface area contributed by atoms with Crippen LogP contribution >= 0.6 is 0 Å². The van der Waals surface area contributed by atoms with Crippen LogP contribution in [0.25, 0.3) is 5.70 Å². The number of carbonyl (C=O) groups excluding carboxylic acids is 1. The van der Waals surface area contributed by atoms with Crippen LogP contribution in [0.4, 0.5) is 5.82 Å². The van der Waals surface area contributed by atoms with E-state index < -0.39 is 0 Å². The van der Waals surface area contributed by atoms with E-state index in [1.165, 1.54) is 12.8 Å². The molecule has 1 aliphatic heterocycles. The molecule has 2 heterocycles. The first-order valence-corrected chi connectivity index (χ1v) is 13.1. The van der Waals surface area contributed by atoms with E-state index in [1.807, 2.05) is 49.4 Å². The van der Waals surface area contributed by atoms with Crippen LogP contribution in [-0.2, 0) is 0 Å². The SMILES string of the molecule is C\C=C/N=C(N)/C(CCC)=C(/N=C(C)[C@@H]1CC2(CC2)CN1C)c1ccc(C(=O)Nc2ccccn2)cc1. The normalized spacial score (nSPS) is 20.4. The molecule has 7 nitrogen and oxygen atoms in total. The molecule has 1 aliphatic carbocycles. The molecule has 2 aliphatic rings. The van der Waals surface area contributed by atoms with Gasteiger partial charge < -0.3 is 11.1 Å². The zero-order valence-corrected chi connectivity index (χ0v) is 22.4. The molecular formula is C30H38N6O. The summed E-state index contributed by atoms with van der Waals surface area (Å²) in [6.07, 6.45) is 10.7. The van der Waals surface area contributed by atoms with Crippen LogP contribution in [-0.4, -0.2) is 47.0 Å². The number of nitrogens with zero attached hydrogens (tertiary/aromatic N) is 4. The summed E-state index contributed by atoms with van der Waals surface area (Å²) in [6.45, 7) is 7.31. The third-order valence-electron chi connectivity index (χ3n) is 7.26. The molecule has 0 bridgehead atoms. The van der Waals surface area contributed by atoms with Crippen LogP contribution in [0, 0.1) is 5.41 Å². The lowest BCUT2D eigenvalue weighted by Crippen LogP contribution is -2.31. The Bertz CT molecular complexity index is 1220. The molecule has 2 fully saturated rings. The topological polar surface area (TPSA) is 96.0 Å². The predicted octanol–water partition coefficient (Wildman–Crippen LogP) is 5.68. The Kier molecular flexibility index (Phi) is 8.34. The van der Waals surface area contributed by atoms with Gasteiger partial charge in [0.1, 0.15) is 11.7 Å². The molecule has 1 saturated carbocycles. The maximum atomic E-state index is 12.8. The maximum Gasteiger partial charge on any atom is 0.256 e. The Balaban J connectivity index is 1.70. The molecule has 1 atom stereocenters. The summed E-state index contributed by atoms with van der Waals surface area (Å²) >= 11 is 0. The lowest BCUT2D eigenvalue weighted by Gasteiger charge is -2.20. The van der Waals surface area contributed by atoms with Crippen molar-refractivity contribution in [1.82, 2.24) is 9.88 Å². The van der Waals surface area contributed by atoms with E-state index in [0.29, 0.717) is 28.7 Å². The summed E-state index contributed by atoms with van der Waals surface area (Å²) in [5.41, 5.74) is 11.3. The van der Waals surface area contributed by atoms with Crippen molar-refractivity contribution in [2.75, 3.05) is 18.9 Å². The van der Waals surface area contributed by atoms with Gasteiger partial charge >= 0.3 is 0 Å². The monoisotopic (exact) mass is 498 g/mol. The van der Waals surface area contributed by atoms with E-state index in [2.05, 4.69) is 41.1 Å². The fourth-order valence-electron chi connectivity index (χ4n) is 5.09. The third kappa shape index (κ3) is 6.41. The Morgan fingerprint density at radius 2 is 1.95 bits per heavy atom. The molecule has 4 rings (SSSR count). The van der Waals surface area contributed by atoms with Crippen molar-refractivity contribution in [2.45, 2.75) is 58.9 Å². The molecule has 1 amide bonds. The molecule has 37 heavy (non-hydrogen) atoms. The minimum absolute atomic E-state index is 0.208. The van der Waals surface area contributed by atoms with Crippen molar-refractivity contribution in [3.8, 4) is 0 Å². The lowest BCUT2D eigenvalue weighted by atomic mass is 9.98. The number of nitrogens with one attached hydrogen (secondary N) is 1. The number of amides is 1. The number of hydrogen-bond acceptors (Lipinski definition) is 5. The Morgan fingerprint density at radius 1 is 1.22 bits per heavy atom. The molecule has 1 spiro atoms. The van der Waals surface area contributed by atoms with E-state index in [9.17, 15) is 4.79 Å². The average Bonchev–Trinajstić information content (AvgIpc) is 3.58. The number of likely N-dealkylation sites (tertiary alicyclic amines) is 1. The first kappa shape index (κ1) is 26.5. The fourth-order valence-corrected chi connectivity index (χ4v) is 5.09. The van der Waals surface area contributed by atoms with Gasteiger partial charge in [-0.25, -0.2) is 9.98 Å². The summed E-state index contributed by atoms with van der Waals surface area (Å²) in [5, 5.41) is 2.84. The van der Waals surface area contributed by atoms with E-state index in [0.717, 1.165) is 48.4 Å². The smallest absolute Gasteiger partial charge is 0.256 e. The van der Waals surface area contributed by atoms with Gasteiger partial charge in [-0.1, -0.05) is 37.6 Å². The highest BCUT2D eigenvalue weighted by Crippen LogP contribution is 2.54. The number of benzene rings is 1. The van der Waals surface area contributed by atoms with E-state index in [1.54, 1.807) is 18.5 Å². The van der Waals surface area contributed by atoms with Crippen LogP contribution in [0.5, 0.6) is 0 Å². The van der Waals surface area contributed by atoms with Gasteiger partial charge in [0.15, 0.2) is 0 Å². The van der Waals surface area contributed by atoms with Gasteiger partial charge in [0.2, 0.25) is 0 Å². The quantitative estimate of drug-likeness (QED) is 0.343. The highest BCUT2D eigenvalue weighted by molar-refractivity contribution is 6.07. The van der Waals surface area contributed by atoms with Crippen LogP contribution in [0.2, 0.25) is 0 Å². The second-order valence-electron chi connectivity index (χ2n) is 10.2. The molecule has 194 valence electrons. The van der Waals surface area contributed by atoms with Crippen molar-refractivity contribution >= 4 is 29.0 Å². The molecule has 1 aromatic carbocycles. The number of amidine groups is 1.